The molecule has 0 bridgehead atoms. The van der Waals surface area contributed by atoms with Gasteiger partial charge in [0.05, 0.1) is 6.54 Å². The van der Waals surface area contributed by atoms with Crippen LogP contribution in [-0.4, -0.2) is 31.3 Å². The summed E-state index contributed by atoms with van der Waals surface area (Å²) in [6, 6.07) is 10.4. The van der Waals surface area contributed by atoms with Crippen molar-refractivity contribution in [1.82, 2.24) is 24.9 Å². The molecule has 1 aromatic carbocycles. The zero-order valence-electron chi connectivity index (χ0n) is 16.0. The molecule has 8 nitrogen and oxygen atoms in total. The summed E-state index contributed by atoms with van der Waals surface area (Å²) in [5.41, 5.74) is 2.64. The van der Waals surface area contributed by atoms with Crippen LogP contribution in [0.1, 0.15) is 11.3 Å². The van der Waals surface area contributed by atoms with Crippen LogP contribution in [0, 0.1) is 13.5 Å². The quantitative estimate of drug-likeness (QED) is 0.426. The van der Waals surface area contributed by atoms with Crippen molar-refractivity contribution in [2.45, 2.75) is 19.8 Å². The van der Waals surface area contributed by atoms with E-state index < -0.39 is 6.36 Å². The zero-order chi connectivity index (χ0) is 22.0. The fourth-order valence-corrected chi connectivity index (χ4v) is 2.77. The predicted molar refractivity (Wildman–Crippen MR) is 102 cm³/mol. The Balaban J connectivity index is 1.51. The van der Waals surface area contributed by atoms with Crippen LogP contribution in [0.5, 0.6) is 5.75 Å². The topological polar surface area (TPSA) is 83.2 Å². The summed E-state index contributed by atoms with van der Waals surface area (Å²) in [6.45, 7) is 9.26. The van der Waals surface area contributed by atoms with Gasteiger partial charge in [0.15, 0.2) is 5.69 Å². The first kappa shape index (κ1) is 20.1. The highest BCUT2D eigenvalue weighted by Crippen LogP contribution is 2.27. The van der Waals surface area contributed by atoms with Crippen molar-refractivity contribution in [1.29, 1.82) is 0 Å². The Morgan fingerprint density at radius 1 is 1.16 bits per heavy atom. The maximum Gasteiger partial charge on any atom is 0.573 e. The Morgan fingerprint density at radius 2 is 1.94 bits per heavy atom. The summed E-state index contributed by atoms with van der Waals surface area (Å²) >= 11 is 0. The van der Waals surface area contributed by atoms with E-state index in [0.717, 1.165) is 11.3 Å². The molecule has 4 rings (SSSR count). The molecular formula is C20H13F3N6O2. The molecule has 0 N–H and O–H groups in total. The van der Waals surface area contributed by atoms with Gasteiger partial charge >= 0.3 is 6.36 Å². The number of hydrogen-bond donors (Lipinski definition) is 0. The molecule has 0 amide bonds. The van der Waals surface area contributed by atoms with Crippen LogP contribution in [0.4, 0.5) is 19.0 Å². The van der Waals surface area contributed by atoms with Gasteiger partial charge in [0.2, 0.25) is 5.82 Å². The van der Waals surface area contributed by atoms with Gasteiger partial charge in [0, 0.05) is 16.8 Å². The van der Waals surface area contributed by atoms with Crippen molar-refractivity contribution in [3.63, 3.8) is 0 Å². The van der Waals surface area contributed by atoms with Crippen LogP contribution in [-0.2, 0) is 6.54 Å². The second-order valence-corrected chi connectivity index (χ2v) is 6.46. The number of aromatic nitrogens is 5. The van der Waals surface area contributed by atoms with Crippen LogP contribution in [0.2, 0.25) is 0 Å². The molecule has 0 unspecified atom stereocenters. The first-order chi connectivity index (χ1) is 14.8. The minimum absolute atomic E-state index is 0.175. The first-order valence-corrected chi connectivity index (χ1v) is 8.88. The first-order valence-electron chi connectivity index (χ1n) is 8.88. The molecule has 31 heavy (non-hydrogen) atoms. The minimum atomic E-state index is -4.76. The molecule has 0 aliphatic rings. The van der Waals surface area contributed by atoms with Crippen LogP contribution in [0.3, 0.4) is 0 Å². The Hall–Kier alpha value is -4.20. The third kappa shape index (κ3) is 4.69. The average molecular weight is 426 g/mol. The lowest BCUT2D eigenvalue weighted by Crippen LogP contribution is -2.16. The SMILES string of the molecule is [C-]#[N+]c1ccc(Cn2nc(-c3nc(-c4ccc(OC(F)(F)F)cc4)no3)cc2C)cn1. The van der Waals surface area contributed by atoms with Gasteiger partial charge < -0.3 is 14.1 Å². The van der Waals surface area contributed by atoms with Crippen LogP contribution in [0.15, 0.2) is 53.2 Å². The number of rotatable bonds is 5. The minimum Gasteiger partial charge on any atom is -0.406 e. The van der Waals surface area contributed by atoms with E-state index in [2.05, 4.69) is 29.8 Å². The maximum absolute atomic E-state index is 12.3. The molecule has 0 radical (unpaired) electrons. The predicted octanol–water partition coefficient (Wildman–Crippen LogP) is 4.80. The van der Waals surface area contributed by atoms with Crippen molar-refractivity contribution in [2.75, 3.05) is 0 Å². The van der Waals surface area contributed by atoms with Crippen molar-refractivity contribution < 1.29 is 22.4 Å². The molecular weight excluding hydrogens is 413 g/mol. The number of nitrogens with zero attached hydrogens (tertiary/aromatic N) is 6. The maximum atomic E-state index is 12.3. The molecule has 156 valence electrons. The van der Waals surface area contributed by atoms with E-state index >= 15 is 0 Å². The Kier molecular flexibility index (Phi) is 5.12. The number of aryl methyl sites for hydroxylation is 1. The van der Waals surface area contributed by atoms with Gasteiger partial charge in [-0.05, 0) is 43.3 Å². The Morgan fingerprint density at radius 3 is 2.58 bits per heavy atom. The van der Waals surface area contributed by atoms with E-state index in [1.165, 1.54) is 24.3 Å². The Bertz CT molecular complexity index is 1240. The molecule has 11 heteroatoms. The van der Waals surface area contributed by atoms with Gasteiger partial charge in [-0.2, -0.15) is 10.1 Å². The summed E-state index contributed by atoms with van der Waals surface area (Å²) < 4.78 is 47.7. The fraction of sp³-hybridized carbons (Fsp3) is 0.150. The second kappa shape index (κ2) is 7.91. The number of ether oxygens (including phenoxy) is 1. The van der Waals surface area contributed by atoms with Gasteiger partial charge in [-0.1, -0.05) is 17.8 Å². The third-order valence-corrected chi connectivity index (χ3v) is 4.23. The second-order valence-electron chi connectivity index (χ2n) is 6.46. The van der Waals surface area contributed by atoms with Gasteiger partial charge in [-0.3, -0.25) is 4.68 Å². The van der Waals surface area contributed by atoms with E-state index in [9.17, 15) is 13.2 Å². The van der Waals surface area contributed by atoms with E-state index in [0.29, 0.717) is 23.6 Å². The standard InChI is InChI=1S/C20H13F3N6O2/c1-12-9-16(27-29(12)11-13-3-8-17(24-2)25-10-13)19-26-18(28-31-19)14-4-6-15(7-5-14)30-20(21,22)23/h3-10H,11H2,1H3. The molecule has 0 aliphatic carbocycles. The monoisotopic (exact) mass is 426 g/mol. The molecule has 0 saturated carbocycles. The number of alkyl halides is 3. The fourth-order valence-electron chi connectivity index (χ4n) is 2.77. The largest absolute Gasteiger partial charge is 0.573 e. The molecule has 3 aromatic heterocycles. The number of hydrogen-bond acceptors (Lipinski definition) is 6. The number of pyridine rings is 1. The highest BCUT2D eigenvalue weighted by Gasteiger charge is 2.31. The summed E-state index contributed by atoms with van der Waals surface area (Å²) in [4.78, 5) is 11.6. The van der Waals surface area contributed by atoms with Crippen LogP contribution >= 0.6 is 0 Å². The summed E-state index contributed by atoms with van der Waals surface area (Å²) in [6.07, 6.45) is -3.14. The van der Waals surface area contributed by atoms with Crippen molar-refractivity contribution in [3.05, 3.63) is 71.3 Å². The average Bonchev–Trinajstić information content (AvgIpc) is 3.35. The zero-order valence-corrected chi connectivity index (χ0v) is 16.0. The molecule has 0 saturated heterocycles. The Labute approximate surface area is 173 Å². The van der Waals surface area contributed by atoms with E-state index in [-0.39, 0.29) is 17.5 Å². The number of halogens is 3. The summed E-state index contributed by atoms with van der Waals surface area (Å²) in [5.74, 6) is 0.361. The lowest BCUT2D eigenvalue weighted by atomic mass is 10.2. The summed E-state index contributed by atoms with van der Waals surface area (Å²) in [7, 11) is 0. The molecule has 0 atom stereocenters. The molecule has 4 aromatic rings. The van der Waals surface area contributed by atoms with Crippen LogP contribution < -0.4 is 4.74 Å². The van der Waals surface area contributed by atoms with Crippen LogP contribution in [0.25, 0.3) is 27.8 Å². The van der Waals surface area contributed by atoms with Gasteiger partial charge in [-0.25, -0.2) is 0 Å². The summed E-state index contributed by atoms with van der Waals surface area (Å²) in [5, 5.41) is 8.34. The molecule has 0 aliphatic heterocycles. The van der Waals surface area contributed by atoms with Crippen molar-refractivity contribution in [2.24, 2.45) is 0 Å². The number of benzene rings is 1. The van der Waals surface area contributed by atoms with E-state index in [4.69, 9.17) is 11.1 Å². The van der Waals surface area contributed by atoms with Crippen molar-refractivity contribution >= 4 is 5.82 Å². The van der Waals surface area contributed by atoms with E-state index in [1.807, 2.05) is 6.92 Å². The van der Waals surface area contributed by atoms with Crippen molar-refractivity contribution in [3.8, 4) is 28.7 Å². The van der Waals surface area contributed by atoms with E-state index in [1.54, 1.807) is 29.1 Å². The smallest absolute Gasteiger partial charge is 0.406 e. The van der Waals surface area contributed by atoms with Gasteiger partial charge in [0.1, 0.15) is 11.9 Å². The lowest BCUT2D eigenvalue weighted by Gasteiger charge is -2.08. The lowest BCUT2D eigenvalue weighted by molar-refractivity contribution is -0.274. The van der Waals surface area contributed by atoms with Gasteiger partial charge in [-0.15, -0.1) is 18.2 Å². The van der Waals surface area contributed by atoms with Gasteiger partial charge in [0.25, 0.3) is 11.7 Å². The normalized spacial score (nSPS) is 11.3. The highest BCUT2D eigenvalue weighted by atomic mass is 19.4. The third-order valence-electron chi connectivity index (χ3n) is 4.23. The molecule has 3 heterocycles. The highest BCUT2D eigenvalue weighted by molar-refractivity contribution is 5.59. The molecule has 0 fully saturated rings. The molecule has 0 spiro atoms.